The van der Waals surface area contributed by atoms with Gasteiger partial charge in [-0.05, 0) is 73.5 Å². The number of nitrogens with zero attached hydrogens (tertiary/aromatic N) is 1. The number of hydrogen-bond acceptors (Lipinski definition) is 6. The van der Waals surface area contributed by atoms with Crippen LogP contribution in [-0.2, 0) is 11.2 Å². The molecule has 0 bridgehead atoms. The fourth-order valence-electron chi connectivity index (χ4n) is 4.96. The average molecular weight is 458 g/mol. The van der Waals surface area contributed by atoms with Crippen molar-refractivity contribution in [3.05, 3.63) is 71.0 Å². The van der Waals surface area contributed by atoms with Gasteiger partial charge in [-0.15, -0.1) is 0 Å². The minimum absolute atomic E-state index is 0.0459. The zero-order valence-corrected chi connectivity index (χ0v) is 19.6. The predicted molar refractivity (Wildman–Crippen MR) is 135 cm³/mol. The molecule has 0 amide bonds. The number of furan rings is 1. The van der Waals surface area contributed by atoms with E-state index in [9.17, 15) is 0 Å². The first-order valence-corrected chi connectivity index (χ1v) is 12.1. The number of nitrogens with one attached hydrogen (secondary N) is 2. The van der Waals surface area contributed by atoms with Crippen molar-refractivity contribution in [1.29, 1.82) is 10.8 Å². The molecule has 2 aliphatic rings. The molecule has 1 fully saturated rings. The van der Waals surface area contributed by atoms with Gasteiger partial charge in [0.25, 0.3) is 5.90 Å². The van der Waals surface area contributed by atoms with Gasteiger partial charge in [0, 0.05) is 19.5 Å². The molecule has 0 atom stereocenters. The fraction of sp³-hybridized carbons (Fsp3) is 0.357. The molecule has 34 heavy (non-hydrogen) atoms. The molecule has 1 aliphatic heterocycles. The van der Waals surface area contributed by atoms with Crippen LogP contribution >= 0.6 is 0 Å². The molecule has 0 saturated carbocycles. The van der Waals surface area contributed by atoms with Crippen molar-refractivity contribution in [3.63, 3.8) is 0 Å². The van der Waals surface area contributed by atoms with E-state index in [1.165, 1.54) is 36.5 Å². The Kier molecular flexibility index (Phi) is 6.50. The fourth-order valence-corrected chi connectivity index (χ4v) is 4.96. The van der Waals surface area contributed by atoms with Gasteiger partial charge in [0.05, 0.1) is 12.0 Å². The third-order valence-corrected chi connectivity index (χ3v) is 6.74. The van der Waals surface area contributed by atoms with Crippen molar-refractivity contribution in [3.8, 4) is 5.75 Å². The Balaban J connectivity index is 1.10. The van der Waals surface area contributed by atoms with Crippen LogP contribution in [0.15, 0.2) is 53.0 Å². The molecule has 6 heteroatoms. The van der Waals surface area contributed by atoms with Crippen LogP contribution in [0.1, 0.15) is 54.6 Å². The highest BCUT2D eigenvalue weighted by Crippen LogP contribution is 2.32. The van der Waals surface area contributed by atoms with Crippen molar-refractivity contribution >= 4 is 28.8 Å². The van der Waals surface area contributed by atoms with Gasteiger partial charge in [-0.2, -0.15) is 0 Å². The van der Waals surface area contributed by atoms with E-state index in [-0.39, 0.29) is 11.8 Å². The number of ether oxygens (including phenoxy) is 2. The molecule has 0 unspecified atom stereocenters. The maximum Gasteiger partial charge on any atom is 0.256 e. The van der Waals surface area contributed by atoms with Crippen LogP contribution in [0, 0.1) is 10.8 Å². The minimum atomic E-state index is -0.172. The van der Waals surface area contributed by atoms with E-state index < -0.39 is 0 Å². The van der Waals surface area contributed by atoms with Crippen molar-refractivity contribution in [1.82, 2.24) is 4.90 Å². The Labute approximate surface area is 200 Å². The lowest BCUT2D eigenvalue weighted by atomic mass is 9.88. The summed E-state index contributed by atoms with van der Waals surface area (Å²) >= 11 is 0. The standard InChI is InChI=1S/C28H31N3O3/c1-19(29)33-28(30)27-18-24-25(7-3-8-26(24)34-27)32-16-4-13-31-14-11-21(12-15-31)23-10-9-20-5-2-6-22(20)17-23/h2-3,6-10,17-18,21,29-30H,4-5,11-16H2,1H3. The van der Waals surface area contributed by atoms with Gasteiger partial charge < -0.3 is 18.8 Å². The summed E-state index contributed by atoms with van der Waals surface area (Å²) in [5.41, 5.74) is 5.00. The first kappa shape index (κ1) is 22.4. The second-order valence-electron chi connectivity index (χ2n) is 9.15. The molecule has 2 aromatic carbocycles. The Morgan fingerprint density at radius 2 is 1.97 bits per heavy atom. The van der Waals surface area contributed by atoms with Crippen LogP contribution in [0.4, 0.5) is 0 Å². The topological polar surface area (TPSA) is 82.5 Å². The molecule has 5 rings (SSSR count). The number of rotatable bonds is 7. The molecule has 2 N–H and O–H groups in total. The third-order valence-electron chi connectivity index (χ3n) is 6.74. The summed E-state index contributed by atoms with van der Waals surface area (Å²) in [5, 5.41) is 16.2. The summed E-state index contributed by atoms with van der Waals surface area (Å²) in [6.45, 7) is 5.41. The van der Waals surface area contributed by atoms with Crippen molar-refractivity contribution in [2.45, 2.75) is 38.5 Å². The smallest absolute Gasteiger partial charge is 0.256 e. The molecule has 0 radical (unpaired) electrons. The Hall–Kier alpha value is -3.38. The van der Waals surface area contributed by atoms with E-state index >= 15 is 0 Å². The lowest BCUT2D eigenvalue weighted by Gasteiger charge is -2.32. The van der Waals surface area contributed by atoms with Gasteiger partial charge >= 0.3 is 0 Å². The van der Waals surface area contributed by atoms with Crippen molar-refractivity contribution in [2.75, 3.05) is 26.2 Å². The van der Waals surface area contributed by atoms with Gasteiger partial charge in [-0.1, -0.05) is 36.4 Å². The second kappa shape index (κ2) is 9.85. The van der Waals surface area contributed by atoms with E-state index in [4.69, 9.17) is 24.7 Å². The van der Waals surface area contributed by atoms with E-state index in [2.05, 4.69) is 35.3 Å². The molecule has 176 valence electrons. The van der Waals surface area contributed by atoms with Gasteiger partial charge in [0.2, 0.25) is 0 Å². The molecule has 6 nitrogen and oxygen atoms in total. The molecular formula is C28H31N3O3. The summed E-state index contributed by atoms with van der Waals surface area (Å²) in [5.74, 6) is 1.49. The highest BCUT2D eigenvalue weighted by Gasteiger charge is 2.21. The second-order valence-corrected chi connectivity index (χ2v) is 9.15. The molecule has 0 spiro atoms. The van der Waals surface area contributed by atoms with Gasteiger partial charge in [-0.25, -0.2) is 0 Å². The summed E-state index contributed by atoms with van der Waals surface area (Å²) in [4.78, 5) is 2.54. The SMILES string of the molecule is CC(=N)OC(=N)c1cc2c(OCCCN3CCC(c4ccc5c(c4)C=CC5)CC3)cccc2o1. The Morgan fingerprint density at radius 3 is 2.79 bits per heavy atom. The van der Waals surface area contributed by atoms with Crippen LogP contribution in [0.25, 0.3) is 17.0 Å². The maximum absolute atomic E-state index is 7.94. The molecular weight excluding hydrogens is 426 g/mol. The summed E-state index contributed by atoms with van der Waals surface area (Å²) in [6.07, 6.45) is 8.97. The van der Waals surface area contributed by atoms with Crippen LogP contribution < -0.4 is 4.74 Å². The number of fused-ring (bicyclic) bond motifs is 2. The number of benzene rings is 2. The largest absolute Gasteiger partial charge is 0.493 e. The van der Waals surface area contributed by atoms with Crippen LogP contribution in [0.2, 0.25) is 0 Å². The van der Waals surface area contributed by atoms with Gasteiger partial charge in [0.1, 0.15) is 11.3 Å². The highest BCUT2D eigenvalue weighted by molar-refractivity contribution is 6.00. The first-order chi connectivity index (χ1) is 16.6. The van der Waals surface area contributed by atoms with Crippen LogP contribution in [-0.4, -0.2) is 42.9 Å². The first-order valence-electron chi connectivity index (χ1n) is 12.1. The third kappa shape index (κ3) is 4.92. The lowest BCUT2D eigenvalue weighted by molar-refractivity contribution is 0.193. The lowest BCUT2D eigenvalue weighted by Crippen LogP contribution is -2.34. The molecule has 2 heterocycles. The van der Waals surface area contributed by atoms with Crippen molar-refractivity contribution < 1.29 is 13.9 Å². The number of allylic oxidation sites excluding steroid dienone is 1. The molecule has 1 aromatic heterocycles. The van der Waals surface area contributed by atoms with E-state index in [0.717, 1.165) is 43.6 Å². The van der Waals surface area contributed by atoms with Crippen molar-refractivity contribution in [2.24, 2.45) is 0 Å². The molecule has 3 aromatic rings. The quantitative estimate of drug-likeness (QED) is 0.259. The summed E-state index contributed by atoms with van der Waals surface area (Å²) < 4.78 is 16.8. The Morgan fingerprint density at radius 1 is 1.12 bits per heavy atom. The zero-order chi connectivity index (χ0) is 23.5. The highest BCUT2D eigenvalue weighted by atomic mass is 16.5. The van der Waals surface area contributed by atoms with E-state index in [1.807, 2.05) is 18.2 Å². The van der Waals surface area contributed by atoms with E-state index in [0.29, 0.717) is 23.9 Å². The van der Waals surface area contributed by atoms with Gasteiger partial charge in [-0.3, -0.25) is 10.8 Å². The monoisotopic (exact) mass is 457 g/mol. The summed E-state index contributed by atoms with van der Waals surface area (Å²) in [7, 11) is 0. The zero-order valence-electron chi connectivity index (χ0n) is 19.6. The average Bonchev–Trinajstić information content (AvgIpc) is 3.49. The number of hydrogen-bond donors (Lipinski definition) is 2. The number of likely N-dealkylation sites (tertiary alicyclic amines) is 1. The normalized spacial score (nSPS) is 16.0. The van der Waals surface area contributed by atoms with Crippen LogP contribution in [0.5, 0.6) is 5.75 Å². The van der Waals surface area contributed by atoms with Gasteiger partial charge in [0.15, 0.2) is 11.7 Å². The minimum Gasteiger partial charge on any atom is -0.493 e. The van der Waals surface area contributed by atoms with Crippen LogP contribution in [0.3, 0.4) is 0 Å². The summed E-state index contributed by atoms with van der Waals surface area (Å²) in [6, 6.07) is 14.4. The Bertz CT molecular complexity index is 1230. The maximum atomic E-state index is 7.94. The van der Waals surface area contributed by atoms with E-state index in [1.54, 1.807) is 6.07 Å². The molecule has 1 aliphatic carbocycles. The predicted octanol–water partition coefficient (Wildman–Crippen LogP) is 5.99. The number of piperidine rings is 1. The molecule has 1 saturated heterocycles.